The number of rotatable bonds is 4. The number of carbonyl (C=O) groups excluding carboxylic acids is 1. The summed E-state index contributed by atoms with van der Waals surface area (Å²) < 4.78 is 14.3. The third kappa shape index (κ3) is 4.53. The minimum absolute atomic E-state index is 0.0150. The van der Waals surface area contributed by atoms with Crippen LogP contribution in [0.3, 0.4) is 0 Å². The molecule has 0 spiro atoms. The fraction of sp³-hybridized carbons (Fsp3) is 0.273. The smallest absolute Gasteiger partial charge is 0.219 e. The Morgan fingerprint density at radius 3 is 2.90 bits per heavy atom. The van der Waals surface area contributed by atoms with Crippen LogP contribution < -0.4 is 10.0 Å². The van der Waals surface area contributed by atoms with Crippen molar-refractivity contribution in [3.05, 3.63) is 71.7 Å². The predicted molar refractivity (Wildman–Crippen MR) is 110 cm³/mol. The summed E-state index contributed by atoms with van der Waals surface area (Å²) in [4.78, 5) is 23.0. The Kier molecular flexibility index (Phi) is 5.56. The van der Waals surface area contributed by atoms with Gasteiger partial charge in [-0.3, -0.25) is 4.79 Å². The minimum atomic E-state index is -0.352. The van der Waals surface area contributed by atoms with Crippen molar-refractivity contribution in [1.82, 2.24) is 14.9 Å². The molecule has 0 radical (unpaired) electrons. The van der Waals surface area contributed by atoms with Crippen molar-refractivity contribution < 1.29 is 13.9 Å². The Balaban J connectivity index is 1.73. The number of carbonyl (C=O) groups is 1. The summed E-state index contributed by atoms with van der Waals surface area (Å²) in [5.41, 5.74) is 1.80. The zero-order valence-corrected chi connectivity index (χ0v) is 16.6. The second kappa shape index (κ2) is 8.44. The van der Waals surface area contributed by atoms with Crippen molar-refractivity contribution in [2.45, 2.75) is 25.7 Å². The normalized spacial score (nSPS) is 16.3. The summed E-state index contributed by atoms with van der Waals surface area (Å²) in [5, 5.41) is 14.9. The van der Waals surface area contributed by atoms with Gasteiger partial charge in [-0.1, -0.05) is 6.07 Å². The van der Waals surface area contributed by atoms with Crippen LogP contribution in [-0.4, -0.2) is 33.9 Å². The van der Waals surface area contributed by atoms with Crippen LogP contribution in [0.1, 0.15) is 31.5 Å². The van der Waals surface area contributed by atoms with Gasteiger partial charge in [-0.15, -0.1) is 0 Å². The molecule has 1 saturated heterocycles. The number of anilines is 2. The molecule has 0 bridgehead atoms. The van der Waals surface area contributed by atoms with Crippen molar-refractivity contribution in [2.75, 3.05) is 18.4 Å². The molecule has 30 heavy (non-hydrogen) atoms. The Bertz CT molecular complexity index is 1070. The van der Waals surface area contributed by atoms with Crippen molar-refractivity contribution in [1.29, 1.82) is 0 Å². The van der Waals surface area contributed by atoms with E-state index in [1.165, 1.54) is 24.5 Å². The van der Waals surface area contributed by atoms with Gasteiger partial charge in [0.05, 0.1) is 11.3 Å². The van der Waals surface area contributed by atoms with Gasteiger partial charge < -0.3 is 15.4 Å². The topological polar surface area (TPSA) is 85.1 Å². The Labute approximate surface area is 173 Å². The molecule has 1 unspecified atom stereocenters. The Hall–Kier alpha value is -3.55. The molecule has 1 aliphatic heterocycles. The summed E-state index contributed by atoms with van der Waals surface area (Å²) in [6.07, 6.45) is 4.59. The van der Waals surface area contributed by atoms with Gasteiger partial charge in [-0.2, -0.15) is 4.73 Å². The number of nitrogens with one attached hydrogen (secondary N) is 1. The van der Waals surface area contributed by atoms with Crippen molar-refractivity contribution in [2.24, 2.45) is 0 Å². The van der Waals surface area contributed by atoms with Crippen LogP contribution in [0.5, 0.6) is 0 Å². The molecule has 3 heterocycles. The van der Waals surface area contributed by atoms with E-state index in [-0.39, 0.29) is 17.6 Å². The first-order valence-electron chi connectivity index (χ1n) is 9.84. The fourth-order valence-electron chi connectivity index (χ4n) is 3.65. The largest absolute Gasteiger partial charge is 0.619 e. The first-order chi connectivity index (χ1) is 14.5. The van der Waals surface area contributed by atoms with Gasteiger partial charge in [0.1, 0.15) is 17.5 Å². The van der Waals surface area contributed by atoms with Crippen molar-refractivity contribution in [3.63, 3.8) is 0 Å². The van der Waals surface area contributed by atoms with Crippen LogP contribution >= 0.6 is 0 Å². The van der Waals surface area contributed by atoms with E-state index in [4.69, 9.17) is 4.98 Å². The first kappa shape index (κ1) is 19.8. The van der Waals surface area contributed by atoms with Gasteiger partial charge in [0.25, 0.3) is 0 Å². The molecule has 3 aromatic rings. The minimum Gasteiger partial charge on any atom is -0.619 e. The highest BCUT2D eigenvalue weighted by Gasteiger charge is 2.26. The molecule has 2 aromatic heterocycles. The van der Waals surface area contributed by atoms with Crippen LogP contribution in [0.2, 0.25) is 0 Å². The molecule has 8 heteroatoms. The molecule has 1 N–H and O–H groups in total. The van der Waals surface area contributed by atoms with Crippen molar-refractivity contribution >= 4 is 17.4 Å². The number of amides is 1. The molecule has 4 rings (SSSR count). The van der Waals surface area contributed by atoms with E-state index in [1.54, 1.807) is 42.2 Å². The lowest BCUT2D eigenvalue weighted by molar-refractivity contribution is -0.604. The summed E-state index contributed by atoms with van der Waals surface area (Å²) in [7, 11) is 0. The summed E-state index contributed by atoms with van der Waals surface area (Å²) >= 11 is 0. The van der Waals surface area contributed by atoms with Crippen LogP contribution in [0.15, 0.2) is 54.9 Å². The Morgan fingerprint density at radius 2 is 2.13 bits per heavy atom. The SMILES string of the molecule is CC(=O)N1CCCC(c2nc(Nc3cccc(F)c3)cc(-c3ccc[n+]([O-])c3)n2)C1. The van der Waals surface area contributed by atoms with E-state index in [0.29, 0.717) is 35.1 Å². The maximum Gasteiger partial charge on any atom is 0.219 e. The standard InChI is InChI=1S/C22H22FN5O2/c1-15(29)27-9-3-6-17(13-27)22-25-20(16-5-4-10-28(30)14-16)12-21(26-22)24-19-8-2-7-18(23)11-19/h2,4-5,7-8,10-12,14,17H,3,6,9,13H2,1H3,(H,24,25,26). The molecule has 1 aliphatic rings. The van der Waals surface area contributed by atoms with Gasteiger partial charge in [0.15, 0.2) is 12.4 Å². The van der Waals surface area contributed by atoms with E-state index < -0.39 is 0 Å². The molecule has 1 fully saturated rings. The van der Waals surface area contributed by atoms with Gasteiger partial charge >= 0.3 is 0 Å². The maximum absolute atomic E-state index is 13.6. The van der Waals surface area contributed by atoms with E-state index in [1.807, 2.05) is 0 Å². The van der Waals surface area contributed by atoms with Gasteiger partial charge in [-0.05, 0) is 37.1 Å². The highest BCUT2D eigenvalue weighted by molar-refractivity contribution is 5.73. The van der Waals surface area contributed by atoms with Crippen LogP contribution in [0.25, 0.3) is 11.3 Å². The van der Waals surface area contributed by atoms with Crippen LogP contribution in [0.4, 0.5) is 15.9 Å². The van der Waals surface area contributed by atoms with Crippen molar-refractivity contribution in [3.8, 4) is 11.3 Å². The monoisotopic (exact) mass is 407 g/mol. The molecule has 7 nitrogen and oxygen atoms in total. The highest BCUT2D eigenvalue weighted by Crippen LogP contribution is 2.29. The van der Waals surface area contributed by atoms with Crippen LogP contribution in [-0.2, 0) is 4.79 Å². The molecule has 1 aromatic carbocycles. The number of aromatic nitrogens is 3. The summed E-state index contributed by atoms with van der Waals surface area (Å²) in [6.45, 7) is 2.84. The number of piperidine rings is 1. The van der Waals surface area contributed by atoms with Gasteiger partial charge in [0.2, 0.25) is 5.91 Å². The average molecular weight is 407 g/mol. The second-order valence-electron chi connectivity index (χ2n) is 7.39. The molecule has 1 amide bonds. The molecule has 1 atom stereocenters. The molecular weight excluding hydrogens is 385 g/mol. The summed E-state index contributed by atoms with van der Waals surface area (Å²) in [5.74, 6) is 0.762. The maximum atomic E-state index is 13.6. The average Bonchev–Trinajstić information content (AvgIpc) is 2.73. The van der Waals surface area contributed by atoms with Gasteiger partial charge in [-0.25, -0.2) is 14.4 Å². The fourth-order valence-corrected chi connectivity index (χ4v) is 3.65. The molecule has 154 valence electrons. The number of hydrogen-bond acceptors (Lipinski definition) is 5. The number of halogens is 1. The first-order valence-corrected chi connectivity index (χ1v) is 9.84. The zero-order valence-electron chi connectivity index (χ0n) is 16.6. The predicted octanol–water partition coefficient (Wildman–Crippen LogP) is 3.39. The number of hydrogen-bond donors (Lipinski definition) is 1. The molecule has 0 saturated carbocycles. The number of likely N-dealkylation sites (tertiary alicyclic amines) is 1. The quantitative estimate of drug-likeness (QED) is 0.529. The highest BCUT2D eigenvalue weighted by atomic mass is 19.1. The molecular formula is C22H22FN5O2. The third-order valence-corrected chi connectivity index (χ3v) is 5.14. The van der Waals surface area contributed by atoms with E-state index in [0.717, 1.165) is 24.1 Å². The number of nitrogens with zero attached hydrogens (tertiary/aromatic N) is 4. The van der Waals surface area contributed by atoms with Gasteiger partial charge in [0, 0.05) is 43.8 Å². The lowest BCUT2D eigenvalue weighted by Crippen LogP contribution is -2.38. The second-order valence-corrected chi connectivity index (χ2v) is 7.39. The lowest BCUT2D eigenvalue weighted by Gasteiger charge is -2.31. The van der Waals surface area contributed by atoms with E-state index in [9.17, 15) is 14.4 Å². The number of pyridine rings is 1. The van der Waals surface area contributed by atoms with E-state index in [2.05, 4.69) is 10.3 Å². The zero-order chi connectivity index (χ0) is 21.1. The lowest BCUT2D eigenvalue weighted by atomic mass is 9.97. The third-order valence-electron chi connectivity index (χ3n) is 5.14. The number of benzene rings is 1. The summed E-state index contributed by atoms with van der Waals surface area (Å²) in [6, 6.07) is 11.3. The van der Waals surface area contributed by atoms with E-state index >= 15 is 0 Å². The Morgan fingerprint density at radius 1 is 1.27 bits per heavy atom. The van der Waals surface area contributed by atoms with Crippen LogP contribution in [0, 0.1) is 11.0 Å². The molecule has 0 aliphatic carbocycles.